The van der Waals surface area contributed by atoms with Crippen molar-refractivity contribution in [1.29, 1.82) is 0 Å². The van der Waals surface area contributed by atoms with E-state index in [-0.39, 0.29) is 5.82 Å². The SMILES string of the molecule is Cc1c(C)n(Cc2ccc(F)cc2)c2c(COc3ccccc3Cl)nccc12. The third kappa shape index (κ3) is 3.48. The minimum Gasteiger partial charge on any atom is -0.486 e. The molecule has 2 heterocycles. The van der Waals surface area contributed by atoms with Crippen molar-refractivity contribution < 1.29 is 9.13 Å². The topological polar surface area (TPSA) is 27.1 Å². The first-order valence-electron chi connectivity index (χ1n) is 9.09. The molecule has 0 aliphatic rings. The highest BCUT2D eigenvalue weighted by molar-refractivity contribution is 6.32. The molecule has 2 aromatic heterocycles. The lowest BCUT2D eigenvalue weighted by molar-refractivity contribution is 0.302. The van der Waals surface area contributed by atoms with Gasteiger partial charge in [-0.05, 0) is 55.3 Å². The van der Waals surface area contributed by atoms with E-state index in [0.29, 0.717) is 23.9 Å². The molecule has 0 aliphatic heterocycles. The number of aromatic nitrogens is 2. The van der Waals surface area contributed by atoms with E-state index < -0.39 is 0 Å². The summed E-state index contributed by atoms with van der Waals surface area (Å²) < 4.78 is 21.4. The van der Waals surface area contributed by atoms with Crippen LogP contribution < -0.4 is 4.74 Å². The van der Waals surface area contributed by atoms with E-state index in [1.54, 1.807) is 6.07 Å². The molecular weight excluding hydrogens is 375 g/mol. The Balaban J connectivity index is 1.74. The summed E-state index contributed by atoms with van der Waals surface area (Å²) in [6, 6.07) is 16.0. The van der Waals surface area contributed by atoms with Crippen LogP contribution in [0.5, 0.6) is 5.75 Å². The normalized spacial score (nSPS) is 11.1. The summed E-state index contributed by atoms with van der Waals surface area (Å²) >= 11 is 6.21. The monoisotopic (exact) mass is 394 g/mol. The molecule has 0 unspecified atom stereocenters. The molecular formula is C23H20ClFN2O. The molecule has 4 rings (SSSR count). The quantitative estimate of drug-likeness (QED) is 0.410. The Hall–Kier alpha value is -2.85. The molecule has 0 radical (unpaired) electrons. The first-order valence-corrected chi connectivity index (χ1v) is 9.47. The molecule has 0 saturated carbocycles. The lowest BCUT2D eigenvalue weighted by Crippen LogP contribution is -2.06. The van der Waals surface area contributed by atoms with Crippen LogP contribution in [0.15, 0.2) is 60.8 Å². The van der Waals surface area contributed by atoms with Crippen LogP contribution in [-0.4, -0.2) is 9.55 Å². The van der Waals surface area contributed by atoms with E-state index in [2.05, 4.69) is 23.4 Å². The highest BCUT2D eigenvalue weighted by Gasteiger charge is 2.16. The van der Waals surface area contributed by atoms with Crippen LogP contribution in [0.25, 0.3) is 10.9 Å². The van der Waals surface area contributed by atoms with Crippen LogP contribution in [0.3, 0.4) is 0 Å². The molecule has 0 spiro atoms. The second-order valence-electron chi connectivity index (χ2n) is 6.80. The van der Waals surface area contributed by atoms with Gasteiger partial charge in [-0.15, -0.1) is 0 Å². The van der Waals surface area contributed by atoms with E-state index in [9.17, 15) is 4.39 Å². The number of fused-ring (bicyclic) bond motifs is 1. The van der Waals surface area contributed by atoms with Crippen LogP contribution in [0, 0.1) is 19.7 Å². The van der Waals surface area contributed by atoms with E-state index in [1.807, 2.05) is 42.6 Å². The van der Waals surface area contributed by atoms with Crippen LogP contribution in [0.4, 0.5) is 4.39 Å². The fraction of sp³-hybridized carbons (Fsp3) is 0.174. The molecule has 4 aromatic rings. The summed E-state index contributed by atoms with van der Waals surface area (Å²) in [4.78, 5) is 4.57. The van der Waals surface area contributed by atoms with Gasteiger partial charge in [0, 0.05) is 23.8 Å². The van der Waals surface area contributed by atoms with Crippen molar-refractivity contribution in [3.05, 3.63) is 94.1 Å². The van der Waals surface area contributed by atoms with E-state index in [0.717, 1.165) is 27.9 Å². The first kappa shape index (κ1) is 18.5. The number of aryl methyl sites for hydroxylation is 1. The number of benzene rings is 2. The Labute approximate surface area is 168 Å². The molecule has 0 saturated heterocycles. The van der Waals surface area contributed by atoms with Crippen molar-refractivity contribution in [2.75, 3.05) is 0 Å². The van der Waals surface area contributed by atoms with Gasteiger partial charge < -0.3 is 9.30 Å². The second-order valence-corrected chi connectivity index (χ2v) is 7.20. The average Bonchev–Trinajstić information content (AvgIpc) is 2.94. The molecule has 2 aromatic carbocycles. The minimum atomic E-state index is -0.232. The lowest BCUT2D eigenvalue weighted by atomic mass is 10.2. The fourth-order valence-electron chi connectivity index (χ4n) is 3.45. The Kier molecular flexibility index (Phi) is 5.05. The highest BCUT2D eigenvalue weighted by atomic mass is 35.5. The van der Waals surface area contributed by atoms with Crippen molar-refractivity contribution in [1.82, 2.24) is 9.55 Å². The number of ether oxygens (including phenoxy) is 1. The molecule has 0 amide bonds. The molecule has 0 atom stereocenters. The van der Waals surface area contributed by atoms with Gasteiger partial charge in [0.15, 0.2) is 0 Å². The smallest absolute Gasteiger partial charge is 0.138 e. The standard InChI is InChI=1S/C23H20ClFN2O/c1-15-16(2)27(13-17-7-9-18(25)10-8-17)23-19(15)11-12-26-21(23)14-28-22-6-4-3-5-20(22)24/h3-12H,13-14H2,1-2H3. The van der Waals surface area contributed by atoms with E-state index >= 15 is 0 Å². The number of rotatable bonds is 5. The third-order valence-electron chi connectivity index (χ3n) is 5.08. The van der Waals surface area contributed by atoms with E-state index in [1.165, 1.54) is 17.7 Å². The maximum atomic E-state index is 13.3. The number of hydrogen-bond acceptors (Lipinski definition) is 2. The van der Waals surface area contributed by atoms with Gasteiger partial charge in [-0.2, -0.15) is 0 Å². The molecule has 5 heteroatoms. The molecule has 142 valence electrons. The number of halogens is 2. The van der Waals surface area contributed by atoms with Gasteiger partial charge in [0.25, 0.3) is 0 Å². The summed E-state index contributed by atoms with van der Waals surface area (Å²) in [5, 5.41) is 1.72. The average molecular weight is 395 g/mol. The van der Waals surface area contributed by atoms with E-state index in [4.69, 9.17) is 16.3 Å². The largest absolute Gasteiger partial charge is 0.486 e. The lowest BCUT2D eigenvalue weighted by Gasteiger charge is -2.13. The van der Waals surface area contributed by atoms with Gasteiger partial charge in [-0.25, -0.2) is 4.39 Å². The Morgan fingerprint density at radius 3 is 2.54 bits per heavy atom. The first-order chi connectivity index (χ1) is 13.5. The van der Waals surface area contributed by atoms with Gasteiger partial charge in [-0.3, -0.25) is 4.98 Å². The Bertz CT molecular complexity index is 1140. The third-order valence-corrected chi connectivity index (χ3v) is 5.39. The van der Waals surface area contributed by atoms with Gasteiger partial charge in [-0.1, -0.05) is 35.9 Å². The fourth-order valence-corrected chi connectivity index (χ4v) is 3.64. The van der Waals surface area contributed by atoms with Crippen molar-refractivity contribution in [2.24, 2.45) is 0 Å². The summed E-state index contributed by atoms with van der Waals surface area (Å²) in [5.74, 6) is 0.401. The van der Waals surface area contributed by atoms with Crippen molar-refractivity contribution >= 4 is 22.5 Å². The summed E-state index contributed by atoms with van der Waals surface area (Å²) in [6.45, 7) is 5.16. The zero-order valence-electron chi connectivity index (χ0n) is 15.7. The van der Waals surface area contributed by atoms with Crippen LogP contribution in [0.2, 0.25) is 5.02 Å². The summed E-state index contributed by atoms with van der Waals surface area (Å²) in [6.07, 6.45) is 1.81. The van der Waals surface area contributed by atoms with Crippen molar-refractivity contribution in [2.45, 2.75) is 27.0 Å². The van der Waals surface area contributed by atoms with Gasteiger partial charge in [0.05, 0.1) is 10.5 Å². The van der Waals surface area contributed by atoms with Crippen molar-refractivity contribution in [3.8, 4) is 5.75 Å². The molecule has 0 aliphatic carbocycles. The van der Waals surface area contributed by atoms with Gasteiger partial charge in [0.1, 0.15) is 23.9 Å². The highest BCUT2D eigenvalue weighted by Crippen LogP contribution is 2.30. The Morgan fingerprint density at radius 1 is 1.04 bits per heavy atom. The number of para-hydroxylation sites is 1. The summed E-state index contributed by atoms with van der Waals surface area (Å²) in [5.41, 5.74) is 5.28. The molecule has 0 N–H and O–H groups in total. The maximum Gasteiger partial charge on any atom is 0.138 e. The zero-order chi connectivity index (χ0) is 19.7. The molecule has 3 nitrogen and oxygen atoms in total. The maximum absolute atomic E-state index is 13.3. The minimum absolute atomic E-state index is 0.232. The summed E-state index contributed by atoms with van der Waals surface area (Å²) in [7, 11) is 0. The van der Waals surface area contributed by atoms with Crippen molar-refractivity contribution in [3.63, 3.8) is 0 Å². The molecule has 28 heavy (non-hydrogen) atoms. The Morgan fingerprint density at radius 2 is 1.79 bits per heavy atom. The molecule has 0 bridgehead atoms. The van der Waals surface area contributed by atoms with Crippen LogP contribution in [-0.2, 0) is 13.2 Å². The van der Waals surface area contributed by atoms with Gasteiger partial charge in [0.2, 0.25) is 0 Å². The number of pyridine rings is 1. The number of nitrogens with zero attached hydrogens (tertiary/aromatic N) is 2. The zero-order valence-corrected chi connectivity index (χ0v) is 16.5. The van der Waals surface area contributed by atoms with Gasteiger partial charge >= 0.3 is 0 Å². The second kappa shape index (κ2) is 7.64. The predicted molar refractivity (Wildman–Crippen MR) is 110 cm³/mol. The number of hydrogen-bond donors (Lipinski definition) is 0. The van der Waals surface area contributed by atoms with Crippen LogP contribution in [0.1, 0.15) is 22.5 Å². The predicted octanol–water partition coefficient (Wildman–Crippen LogP) is 6.07. The van der Waals surface area contributed by atoms with Crippen LogP contribution >= 0.6 is 11.6 Å². The molecule has 0 fully saturated rings.